The molecule has 4 aromatic carbocycles. The molecule has 0 bridgehead atoms. The molecule has 0 saturated heterocycles. The summed E-state index contributed by atoms with van der Waals surface area (Å²) in [5.74, 6) is -3.87. The number of nitrogen functional groups attached to an aromatic ring is 2. The van der Waals surface area contributed by atoms with E-state index in [0.717, 1.165) is 36.7 Å². The van der Waals surface area contributed by atoms with Crippen LogP contribution in [0.5, 0.6) is 0 Å². The molecule has 9 heterocycles. The number of hydrogen-bond donors (Lipinski definition) is 4. The Hall–Kier alpha value is -12.3. The van der Waals surface area contributed by atoms with Gasteiger partial charge in [0.15, 0.2) is 39.8 Å². The Labute approximate surface area is 549 Å². The summed E-state index contributed by atoms with van der Waals surface area (Å²) in [4.78, 5) is 48.8. The molecular weight excluding hydrogens is 1300 g/mol. The van der Waals surface area contributed by atoms with Gasteiger partial charge in [0.05, 0.1) is 54.5 Å². The van der Waals surface area contributed by atoms with Gasteiger partial charge in [0.25, 0.3) is 5.56 Å². The molecule has 33 heteroatoms. The molecule has 2 fully saturated rings. The maximum atomic E-state index is 14.3. The normalized spacial score (nSPS) is 13.2. The number of H-pyrrole nitrogens is 1. The van der Waals surface area contributed by atoms with Gasteiger partial charge in [-0.15, -0.1) is 0 Å². The van der Waals surface area contributed by atoms with E-state index in [1.54, 1.807) is 89.6 Å². The Morgan fingerprint density at radius 2 is 1.15 bits per heavy atom. The van der Waals surface area contributed by atoms with Gasteiger partial charge in [-0.2, -0.15) is 19.6 Å². The van der Waals surface area contributed by atoms with E-state index in [2.05, 4.69) is 66.0 Å². The monoisotopic (exact) mass is 1360 g/mol. The number of halogens is 6. The van der Waals surface area contributed by atoms with Crippen molar-refractivity contribution in [3.63, 3.8) is 0 Å². The second kappa shape index (κ2) is 26.9. The van der Waals surface area contributed by atoms with E-state index >= 15 is 0 Å². The minimum Gasteiger partial charge on any atom is -0.384 e. The van der Waals surface area contributed by atoms with Crippen molar-refractivity contribution >= 4 is 33.3 Å². The first-order valence-electron chi connectivity index (χ1n) is 29.7. The molecule has 2 aliphatic carbocycles. The zero-order valence-electron chi connectivity index (χ0n) is 51.0. The molecule has 15 rings (SSSR count). The van der Waals surface area contributed by atoms with Crippen molar-refractivity contribution in [3.8, 4) is 68.7 Å². The van der Waals surface area contributed by atoms with Crippen molar-refractivity contribution in [3.05, 3.63) is 232 Å². The number of rotatable bonds is 18. The average molecular weight is 1360 g/mol. The highest BCUT2D eigenvalue weighted by Crippen LogP contribution is 2.49. The van der Waals surface area contributed by atoms with Crippen LogP contribution in [0.4, 0.5) is 43.7 Å². The van der Waals surface area contributed by atoms with Gasteiger partial charge < -0.3 is 35.3 Å². The zero-order valence-corrected chi connectivity index (χ0v) is 51.8. The Balaban J connectivity index is 0.000000134. The fourth-order valence-corrected chi connectivity index (χ4v) is 11.8. The minimum absolute atomic E-state index is 0.0601. The SMILES string of the molecule is CN(C1CC1)S(=O)(=O)c1cnc(-c2cc(-c3ccon3)n(Cc3ccccc3F)n2)[nH]c1=O.Nc1ccnc(-c2cc(-c3ccon3)n(Cc3c(F)ccc(F)c3F)n2)n1.Nc1nc(-c2cc(-c3ccon3)n(Cc3ccccc3F)n2)ncc1NC(=O)C1(c2ccc(F)cc2)CC1. The number of nitrogens with zero attached hydrogens (tertiary/aromatic N) is 15. The fraction of sp³-hybridized carbons (Fsp3) is 0.154. The van der Waals surface area contributed by atoms with Gasteiger partial charge in [-0.25, -0.2) is 59.7 Å². The predicted octanol–water partition coefficient (Wildman–Crippen LogP) is 9.88. The summed E-state index contributed by atoms with van der Waals surface area (Å²) in [6.45, 7) is -0.137. The highest BCUT2D eigenvalue weighted by molar-refractivity contribution is 7.89. The van der Waals surface area contributed by atoms with Crippen LogP contribution in [0.25, 0.3) is 68.7 Å². The van der Waals surface area contributed by atoms with Crippen LogP contribution in [-0.4, -0.2) is 106 Å². The standard InChI is InChI=1S/C27H21F2N7O2.C21H19FN6O4S.C17H11F3N6O/c28-18-7-5-17(6-8-18)27(10-11-27)26(37)32-22-14-31-25(33-24(22)30)21-13-23(20-9-12-38-35-20)36(34-21)15-16-3-1-2-4-19(16)29;1-27(14-6-7-14)33(30,31)19-11-23-20(24-21(19)29)17-10-18(16-8-9-32-26-16)28(25-17)12-13-4-2-3-5-15(13)22;18-10-1-2-11(19)16(20)9(10)8-26-14(12-4-6-27-25-12)7-13(24-26)17-22-5-3-15(21)23-17/h1-9,12-14H,10-11,15H2,(H,32,37)(H2,30,31,33);2-5,8-11,14H,6-7,12H2,1H3,(H,23,24,29);1-7H,8H2,(H2,21,22,23). The van der Waals surface area contributed by atoms with Gasteiger partial charge >= 0.3 is 0 Å². The molecule has 13 aromatic rings. The van der Waals surface area contributed by atoms with E-state index in [9.17, 15) is 44.3 Å². The number of aromatic amines is 1. The lowest BCUT2D eigenvalue weighted by Crippen LogP contribution is -2.33. The first-order valence-corrected chi connectivity index (χ1v) is 31.2. The first-order chi connectivity index (χ1) is 47.3. The number of nitrogens with one attached hydrogen (secondary N) is 2. The number of hydrogen-bond acceptors (Lipinski definition) is 20. The molecular formula is C65H51F6N19O7S. The lowest BCUT2D eigenvalue weighted by molar-refractivity contribution is -0.118. The third-order valence-electron chi connectivity index (χ3n) is 16.0. The maximum Gasteiger partial charge on any atom is 0.271 e. The maximum absolute atomic E-state index is 14.3. The van der Waals surface area contributed by atoms with E-state index in [1.165, 1.54) is 82.2 Å². The van der Waals surface area contributed by atoms with Gasteiger partial charge in [0.1, 0.15) is 87.7 Å². The summed E-state index contributed by atoms with van der Waals surface area (Å²) in [5, 5.41) is 27.8. The molecule has 98 heavy (non-hydrogen) atoms. The van der Waals surface area contributed by atoms with Crippen molar-refractivity contribution in [2.45, 2.75) is 61.7 Å². The van der Waals surface area contributed by atoms with Crippen LogP contribution in [0.15, 0.2) is 188 Å². The smallest absolute Gasteiger partial charge is 0.271 e. The lowest BCUT2D eigenvalue weighted by Gasteiger charge is -2.16. The molecule has 2 aliphatic rings. The van der Waals surface area contributed by atoms with Crippen LogP contribution in [0.3, 0.4) is 0 Å². The second-order valence-electron chi connectivity index (χ2n) is 22.4. The van der Waals surface area contributed by atoms with E-state index in [0.29, 0.717) is 69.5 Å². The molecule has 0 atom stereocenters. The summed E-state index contributed by atoms with van der Waals surface area (Å²) in [7, 11) is -2.50. The molecule has 0 radical (unpaired) electrons. The molecule has 0 unspecified atom stereocenters. The van der Waals surface area contributed by atoms with Crippen molar-refractivity contribution in [2.24, 2.45) is 0 Å². The number of benzene rings is 4. The number of anilines is 3. The highest BCUT2D eigenvalue weighted by Gasteiger charge is 2.51. The zero-order chi connectivity index (χ0) is 68.4. The van der Waals surface area contributed by atoms with Gasteiger partial charge in [-0.1, -0.05) is 64.0 Å². The Morgan fingerprint density at radius 1 is 0.622 bits per heavy atom. The minimum atomic E-state index is -3.95. The number of aromatic nitrogens is 15. The molecule has 6 N–H and O–H groups in total. The molecule has 26 nitrogen and oxygen atoms in total. The average Bonchev–Trinajstić information content (AvgIpc) is 1.58. The van der Waals surface area contributed by atoms with Gasteiger partial charge in [0, 0.05) is 54.2 Å². The third kappa shape index (κ3) is 13.5. The van der Waals surface area contributed by atoms with Gasteiger partial charge in [0.2, 0.25) is 15.9 Å². The second-order valence-corrected chi connectivity index (χ2v) is 24.4. The highest BCUT2D eigenvalue weighted by atomic mass is 32.2. The Morgan fingerprint density at radius 3 is 1.66 bits per heavy atom. The number of nitrogens with two attached hydrogens (primary N) is 2. The van der Waals surface area contributed by atoms with Crippen molar-refractivity contribution < 1.29 is 53.1 Å². The number of amides is 1. The molecule has 0 spiro atoms. The van der Waals surface area contributed by atoms with Crippen LogP contribution in [0, 0.1) is 34.9 Å². The number of carbonyl (C=O) groups is 1. The topological polar surface area (TPSA) is 347 Å². The van der Waals surface area contributed by atoms with Gasteiger partial charge in [-0.3, -0.25) is 23.6 Å². The quantitative estimate of drug-likeness (QED) is 0.0458. The largest absolute Gasteiger partial charge is 0.384 e. The third-order valence-corrected chi connectivity index (χ3v) is 17.9. The fourth-order valence-electron chi connectivity index (χ4n) is 10.4. The van der Waals surface area contributed by atoms with Crippen LogP contribution in [0.1, 0.15) is 47.9 Å². The van der Waals surface area contributed by atoms with Crippen molar-refractivity contribution in [1.29, 1.82) is 0 Å². The Bertz CT molecular complexity index is 5240. The van der Waals surface area contributed by atoms with E-state index in [-0.39, 0.29) is 89.5 Å². The first kappa shape index (κ1) is 64.4. The molecule has 1 amide bonds. The van der Waals surface area contributed by atoms with Gasteiger partial charge in [-0.05, 0) is 91.9 Å². The molecule has 9 aromatic heterocycles. The van der Waals surface area contributed by atoms with E-state index in [1.807, 2.05) is 0 Å². The summed E-state index contributed by atoms with van der Waals surface area (Å²) >= 11 is 0. The van der Waals surface area contributed by atoms with Crippen LogP contribution in [-0.2, 0) is 39.9 Å². The van der Waals surface area contributed by atoms with E-state index in [4.69, 9.17) is 25.0 Å². The predicted molar refractivity (Wildman–Crippen MR) is 338 cm³/mol. The van der Waals surface area contributed by atoms with Crippen LogP contribution >= 0.6 is 0 Å². The molecule has 2 saturated carbocycles. The molecule has 496 valence electrons. The van der Waals surface area contributed by atoms with Crippen molar-refractivity contribution in [2.75, 3.05) is 23.8 Å². The van der Waals surface area contributed by atoms with Crippen LogP contribution < -0.4 is 22.3 Å². The summed E-state index contributed by atoms with van der Waals surface area (Å²) < 4.78 is 129. The summed E-state index contributed by atoms with van der Waals surface area (Å²) in [5.41, 5.74) is 15.5. The summed E-state index contributed by atoms with van der Waals surface area (Å²) in [6.07, 6.45) is 10.9. The number of carbonyl (C=O) groups excluding carboxylic acids is 1. The van der Waals surface area contributed by atoms with Crippen molar-refractivity contribution in [1.82, 2.24) is 79.0 Å². The van der Waals surface area contributed by atoms with Crippen LogP contribution in [0.2, 0.25) is 0 Å². The lowest BCUT2D eigenvalue weighted by atomic mass is 9.95. The summed E-state index contributed by atoms with van der Waals surface area (Å²) in [6, 6.07) is 31.4. The van der Waals surface area contributed by atoms with E-state index < -0.39 is 48.9 Å². The number of sulfonamides is 1. The molecule has 0 aliphatic heterocycles. The Kier molecular flexibility index (Phi) is 17.7.